The minimum atomic E-state index is -0.522. The fourth-order valence-electron chi connectivity index (χ4n) is 3.04. The summed E-state index contributed by atoms with van der Waals surface area (Å²) in [6, 6.07) is 7.17. The second-order valence-electron chi connectivity index (χ2n) is 6.13. The highest BCUT2D eigenvalue weighted by Gasteiger charge is 2.30. The van der Waals surface area contributed by atoms with Crippen LogP contribution in [0.15, 0.2) is 24.3 Å². The van der Waals surface area contributed by atoms with Crippen molar-refractivity contribution < 1.29 is 14.4 Å². The van der Waals surface area contributed by atoms with Crippen LogP contribution in [0.25, 0.3) is 0 Å². The Bertz CT molecular complexity index is 605. The van der Waals surface area contributed by atoms with Gasteiger partial charge >= 0.3 is 6.03 Å². The Morgan fingerprint density at radius 1 is 1.04 bits per heavy atom. The molecule has 0 aromatic heterocycles. The van der Waals surface area contributed by atoms with E-state index in [1.165, 1.54) is 25.7 Å². The predicted molar refractivity (Wildman–Crippen MR) is 90.9 cm³/mol. The van der Waals surface area contributed by atoms with Crippen molar-refractivity contribution in [3.63, 3.8) is 0 Å². The highest BCUT2D eigenvalue weighted by Crippen LogP contribution is 2.21. The van der Waals surface area contributed by atoms with E-state index in [1.54, 1.807) is 0 Å². The maximum absolute atomic E-state index is 12.0. The zero-order valence-corrected chi connectivity index (χ0v) is 13.6. The van der Waals surface area contributed by atoms with Crippen LogP contribution < -0.4 is 15.5 Å². The number of hydrogen-bond acceptors (Lipinski definition) is 4. The van der Waals surface area contributed by atoms with Gasteiger partial charge in [-0.3, -0.25) is 14.5 Å². The van der Waals surface area contributed by atoms with Gasteiger partial charge in [-0.2, -0.15) is 0 Å². The van der Waals surface area contributed by atoms with Crippen LogP contribution in [-0.4, -0.2) is 48.9 Å². The van der Waals surface area contributed by atoms with Crippen LogP contribution >= 0.6 is 0 Å². The molecule has 2 aliphatic heterocycles. The molecule has 0 saturated carbocycles. The number of rotatable bonds is 4. The van der Waals surface area contributed by atoms with E-state index < -0.39 is 6.03 Å². The third-order valence-electron chi connectivity index (χ3n) is 4.36. The molecule has 7 nitrogen and oxygen atoms in total. The number of carbonyl (C=O) groups excluding carboxylic acids is 3. The van der Waals surface area contributed by atoms with E-state index in [4.69, 9.17) is 0 Å². The molecule has 0 radical (unpaired) electrons. The van der Waals surface area contributed by atoms with Crippen molar-refractivity contribution in [2.24, 2.45) is 0 Å². The van der Waals surface area contributed by atoms with Crippen LogP contribution in [0, 0.1) is 0 Å². The Labute approximate surface area is 141 Å². The van der Waals surface area contributed by atoms with E-state index in [1.807, 2.05) is 24.3 Å². The Hall–Kier alpha value is -2.57. The minimum Gasteiger partial charge on any atom is -0.372 e. The van der Waals surface area contributed by atoms with Gasteiger partial charge in [-0.1, -0.05) is 12.8 Å². The lowest BCUT2D eigenvalue weighted by atomic mass is 10.2. The number of anilines is 2. The molecule has 0 bridgehead atoms. The molecule has 4 amide bonds. The number of benzene rings is 1. The summed E-state index contributed by atoms with van der Waals surface area (Å²) >= 11 is 0. The van der Waals surface area contributed by atoms with Crippen molar-refractivity contribution in [3.05, 3.63) is 24.3 Å². The van der Waals surface area contributed by atoms with Gasteiger partial charge in [0.25, 0.3) is 5.91 Å². The maximum atomic E-state index is 12.0. The first-order valence-corrected chi connectivity index (χ1v) is 8.36. The number of nitrogens with one attached hydrogen (secondary N) is 2. The molecule has 1 aromatic carbocycles. The third-order valence-corrected chi connectivity index (χ3v) is 4.36. The SMILES string of the molecule is O=C(CN1C(=O)CNC1=O)Nc1ccc(N2CCCCCC2)cc1. The number of amides is 4. The lowest BCUT2D eigenvalue weighted by Gasteiger charge is -2.22. The van der Waals surface area contributed by atoms with Crippen molar-refractivity contribution in [2.75, 3.05) is 36.4 Å². The zero-order valence-electron chi connectivity index (χ0n) is 13.6. The van der Waals surface area contributed by atoms with E-state index in [-0.39, 0.29) is 24.9 Å². The molecule has 1 aromatic rings. The van der Waals surface area contributed by atoms with Crippen molar-refractivity contribution in [3.8, 4) is 0 Å². The highest BCUT2D eigenvalue weighted by molar-refractivity contribution is 6.06. The average Bonchev–Trinajstić information content (AvgIpc) is 2.80. The van der Waals surface area contributed by atoms with Gasteiger partial charge in [0.1, 0.15) is 6.54 Å². The van der Waals surface area contributed by atoms with Gasteiger partial charge < -0.3 is 15.5 Å². The maximum Gasteiger partial charge on any atom is 0.325 e. The van der Waals surface area contributed by atoms with E-state index in [0.29, 0.717) is 5.69 Å². The van der Waals surface area contributed by atoms with Gasteiger partial charge in [0.15, 0.2) is 0 Å². The van der Waals surface area contributed by atoms with Gasteiger partial charge in [0.2, 0.25) is 5.91 Å². The van der Waals surface area contributed by atoms with Crippen LogP contribution in [0.2, 0.25) is 0 Å². The number of nitrogens with zero attached hydrogens (tertiary/aromatic N) is 2. The molecule has 2 N–H and O–H groups in total. The predicted octanol–water partition coefficient (Wildman–Crippen LogP) is 1.56. The first kappa shape index (κ1) is 16.3. The molecular formula is C17H22N4O3. The summed E-state index contributed by atoms with van der Waals surface area (Å²) in [5.41, 5.74) is 1.81. The number of urea groups is 1. The smallest absolute Gasteiger partial charge is 0.325 e. The minimum absolute atomic E-state index is 0.0450. The molecule has 2 heterocycles. The molecule has 2 saturated heterocycles. The topological polar surface area (TPSA) is 81.8 Å². The molecular weight excluding hydrogens is 308 g/mol. The molecule has 2 fully saturated rings. The lowest BCUT2D eigenvalue weighted by molar-refractivity contribution is -0.128. The van der Waals surface area contributed by atoms with E-state index in [0.717, 1.165) is 23.7 Å². The summed E-state index contributed by atoms with van der Waals surface area (Å²) in [7, 11) is 0. The first-order chi connectivity index (χ1) is 11.6. The quantitative estimate of drug-likeness (QED) is 0.821. The van der Waals surface area contributed by atoms with Crippen LogP contribution in [0.1, 0.15) is 25.7 Å². The van der Waals surface area contributed by atoms with Crippen molar-refractivity contribution >= 4 is 29.2 Å². The van der Waals surface area contributed by atoms with Crippen LogP contribution in [0.4, 0.5) is 16.2 Å². The van der Waals surface area contributed by atoms with Gasteiger partial charge in [-0.25, -0.2) is 4.79 Å². The summed E-state index contributed by atoms with van der Waals surface area (Å²) in [4.78, 5) is 38.2. The molecule has 3 rings (SSSR count). The standard InChI is InChI=1S/C17H22N4O3/c22-15(12-21-16(23)11-18-17(21)24)19-13-5-7-14(8-6-13)20-9-3-1-2-4-10-20/h5-8H,1-4,9-12H2,(H,18,24)(H,19,22). The van der Waals surface area contributed by atoms with Gasteiger partial charge in [-0.15, -0.1) is 0 Å². The Balaban J connectivity index is 1.56. The average molecular weight is 330 g/mol. The second kappa shape index (κ2) is 7.33. The lowest BCUT2D eigenvalue weighted by Crippen LogP contribution is -2.38. The summed E-state index contributed by atoms with van der Waals surface area (Å²) in [5.74, 6) is -0.769. The summed E-state index contributed by atoms with van der Waals surface area (Å²) in [6.45, 7) is 1.82. The van der Waals surface area contributed by atoms with E-state index in [9.17, 15) is 14.4 Å². The monoisotopic (exact) mass is 330 g/mol. The number of hydrogen-bond donors (Lipinski definition) is 2. The van der Waals surface area contributed by atoms with Crippen LogP contribution in [0.5, 0.6) is 0 Å². The Kier molecular flexibility index (Phi) is 4.98. The number of carbonyl (C=O) groups is 3. The molecule has 0 atom stereocenters. The van der Waals surface area contributed by atoms with Crippen molar-refractivity contribution in [1.82, 2.24) is 10.2 Å². The normalized spacial score (nSPS) is 18.3. The third kappa shape index (κ3) is 3.84. The van der Waals surface area contributed by atoms with Crippen molar-refractivity contribution in [2.45, 2.75) is 25.7 Å². The first-order valence-electron chi connectivity index (χ1n) is 8.36. The molecule has 24 heavy (non-hydrogen) atoms. The molecule has 0 spiro atoms. The van der Waals surface area contributed by atoms with E-state index in [2.05, 4.69) is 15.5 Å². The largest absolute Gasteiger partial charge is 0.372 e. The Morgan fingerprint density at radius 2 is 1.71 bits per heavy atom. The Morgan fingerprint density at radius 3 is 2.29 bits per heavy atom. The fraction of sp³-hybridized carbons (Fsp3) is 0.471. The molecule has 0 unspecified atom stereocenters. The number of imide groups is 1. The summed E-state index contributed by atoms with van der Waals surface area (Å²) in [6.07, 6.45) is 5.00. The van der Waals surface area contributed by atoms with E-state index >= 15 is 0 Å². The van der Waals surface area contributed by atoms with Crippen LogP contribution in [-0.2, 0) is 9.59 Å². The van der Waals surface area contributed by atoms with Gasteiger partial charge in [0, 0.05) is 24.5 Å². The zero-order chi connectivity index (χ0) is 16.9. The molecule has 128 valence electrons. The molecule has 7 heteroatoms. The fourth-order valence-corrected chi connectivity index (χ4v) is 3.04. The highest BCUT2D eigenvalue weighted by atomic mass is 16.2. The molecule has 2 aliphatic rings. The van der Waals surface area contributed by atoms with Gasteiger partial charge in [0.05, 0.1) is 6.54 Å². The second-order valence-corrected chi connectivity index (χ2v) is 6.13. The van der Waals surface area contributed by atoms with Crippen LogP contribution in [0.3, 0.4) is 0 Å². The summed E-state index contributed by atoms with van der Waals surface area (Å²) < 4.78 is 0. The van der Waals surface area contributed by atoms with Crippen molar-refractivity contribution in [1.29, 1.82) is 0 Å². The van der Waals surface area contributed by atoms with Gasteiger partial charge in [-0.05, 0) is 37.1 Å². The molecule has 0 aliphatic carbocycles. The summed E-state index contributed by atoms with van der Waals surface area (Å²) in [5, 5.41) is 5.11.